The number of nitrogens with zero attached hydrogens (tertiary/aromatic N) is 1. The second-order valence-electron chi connectivity index (χ2n) is 7.67. The molecule has 5 nitrogen and oxygen atoms in total. The minimum Gasteiger partial charge on any atom is -0.352 e. The van der Waals surface area contributed by atoms with Gasteiger partial charge >= 0.3 is 0 Å². The molecule has 0 radical (unpaired) electrons. The summed E-state index contributed by atoms with van der Waals surface area (Å²) in [5.74, 6) is -0.00508. The Labute approximate surface area is 174 Å². The quantitative estimate of drug-likeness (QED) is 0.749. The molecule has 0 spiro atoms. The monoisotopic (exact) mass is 414 g/mol. The summed E-state index contributed by atoms with van der Waals surface area (Å²) in [6.07, 6.45) is 5.01. The highest BCUT2D eigenvalue weighted by Crippen LogP contribution is 2.21. The van der Waals surface area contributed by atoms with Gasteiger partial charge < -0.3 is 5.32 Å². The van der Waals surface area contributed by atoms with Crippen molar-refractivity contribution in [3.05, 3.63) is 65.2 Å². The van der Waals surface area contributed by atoms with E-state index in [4.69, 9.17) is 0 Å². The number of rotatable bonds is 7. The number of hydrogen-bond acceptors (Lipinski definition) is 3. The fourth-order valence-electron chi connectivity index (χ4n) is 3.61. The summed E-state index contributed by atoms with van der Waals surface area (Å²) in [7, 11) is -3.42. The number of carbonyl (C=O) groups excluding carboxylic acids is 1. The first kappa shape index (κ1) is 21.5. The van der Waals surface area contributed by atoms with Crippen molar-refractivity contribution in [3.63, 3.8) is 0 Å². The Morgan fingerprint density at radius 2 is 1.62 bits per heavy atom. The van der Waals surface area contributed by atoms with Gasteiger partial charge in [-0.1, -0.05) is 49.2 Å². The van der Waals surface area contributed by atoms with Gasteiger partial charge in [0.05, 0.1) is 4.90 Å². The molecule has 1 saturated heterocycles. The maximum atomic E-state index is 12.8. The SMILES string of the molecule is Cc1ccccc1CNC(=O)CCc1ccc(S(=O)(=O)N2CCCCCC2)cc1. The zero-order valence-corrected chi connectivity index (χ0v) is 17.9. The second-order valence-corrected chi connectivity index (χ2v) is 9.60. The molecule has 1 amide bonds. The first-order valence-electron chi connectivity index (χ1n) is 10.4. The topological polar surface area (TPSA) is 66.5 Å². The van der Waals surface area contributed by atoms with Gasteiger partial charge in [-0.2, -0.15) is 4.31 Å². The van der Waals surface area contributed by atoms with Crippen LogP contribution in [0.15, 0.2) is 53.4 Å². The van der Waals surface area contributed by atoms with E-state index in [-0.39, 0.29) is 5.91 Å². The van der Waals surface area contributed by atoms with Gasteiger partial charge in [0, 0.05) is 26.1 Å². The van der Waals surface area contributed by atoms with Crippen LogP contribution in [0.3, 0.4) is 0 Å². The van der Waals surface area contributed by atoms with Gasteiger partial charge in [-0.3, -0.25) is 4.79 Å². The molecule has 0 aromatic heterocycles. The number of carbonyl (C=O) groups is 1. The molecule has 1 N–H and O–H groups in total. The molecule has 156 valence electrons. The summed E-state index contributed by atoms with van der Waals surface area (Å²) in [6.45, 7) is 3.76. The third-order valence-corrected chi connectivity index (χ3v) is 7.42. The van der Waals surface area contributed by atoms with Gasteiger partial charge in [-0.05, 0) is 55.0 Å². The minimum atomic E-state index is -3.42. The van der Waals surface area contributed by atoms with Gasteiger partial charge in [-0.15, -0.1) is 0 Å². The fraction of sp³-hybridized carbons (Fsp3) is 0.435. The highest BCUT2D eigenvalue weighted by Gasteiger charge is 2.24. The van der Waals surface area contributed by atoms with E-state index in [1.807, 2.05) is 43.3 Å². The molecule has 29 heavy (non-hydrogen) atoms. The molecule has 3 rings (SSSR count). The molecular formula is C23H30N2O3S. The van der Waals surface area contributed by atoms with Crippen molar-refractivity contribution in [2.24, 2.45) is 0 Å². The van der Waals surface area contributed by atoms with E-state index in [2.05, 4.69) is 5.32 Å². The maximum Gasteiger partial charge on any atom is 0.243 e. The lowest BCUT2D eigenvalue weighted by atomic mass is 10.1. The molecule has 1 heterocycles. The minimum absolute atomic E-state index is 0.00508. The van der Waals surface area contributed by atoms with Crippen molar-refractivity contribution in [2.75, 3.05) is 13.1 Å². The van der Waals surface area contributed by atoms with Crippen LogP contribution < -0.4 is 5.32 Å². The van der Waals surface area contributed by atoms with Crippen molar-refractivity contribution in [1.82, 2.24) is 9.62 Å². The summed E-state index contributed by atoms with van der Waals surface area (Å²) in [5.41, 5.74) is 3.24. The lowest BCUT2D eigenvalue weighted by molar-refractivity contribution is -0.121. The van der Waals surface area contributed by atoms with Gasteiger partial charge in [0.1, 0.15) is 0 Å². The predicted molar refractivity (Wildman–Crippen MR) is 115 cm³/mol. The van der Waals surface area contributed by atoms with Gasteiger partial charge in [0.15, 0.2) is 0 Å². The third-order valence-electron chi connectivity index (χ3n) is 5.50. The van der Waals surface area contributed by atoms with E-state index in [0.717, 1.165) is 42.4 Å². The Kier molecular flexibility index (Phi) is 7.45. The molecule has 0 aliphatic carbocycles. The molecule has 1 aliphatic heterocycles. The van der Waals surface area contributed by atoms with Crippen LogP contribution in [0.4, 0.5) is 0 Å². The van der Waals surface area contributed by atoms with E-state index in [1.165, 1.54) is 0 Å². The van der Waals surface area contributed by atoms with Crippen molar-refractivity contribution in [1.29, 1.82) is 0 Å². The van der Waals surface area contributed by atoms with Crippen LogP contribution in [0.5, 0.6) is 0 Å². The molecular weight excluding hydrogens is 384 g/mol. The maximum absolute atomic E-state index is 12.8. The van der Waals surface area contributed by atoms with Gasteiger partial charge in [0.2, 0.25) is 15.9 Å². The van der Waals surface area contributed by atoms with E-state index in [0.29, 0.717) is 37.4 Å². The molecule has 0 saturated carbocycles. The van der Waals surface area contributed by atoms with Crippen LogP contribution in [0.25, 0.3) is 0 Å². The zero-order valence-electron chi connectivity index (χ0n) is 17.1. The van der Waals surface area contributed by atoms with Crippen LogP contribution in [0.2, 0.25) is 0 Å². The first-order valence-corrected chi connectivity index (χ1v) is 11.8. The van der Waals surface area contributed by atoms with Crippen molar-refractivity contribution in [2.45, 2.75) is 56.9 Å². The summed E-state index contributed by atoms with van der Waals surface area (Å²) < 4.78 is 27.3. The largest absolute Gasteiger partial charge is 0.352 e. The molecule has 0 unspecified atom stereocenters. The zero-order chi connectivity index (χ0) is 20.7. The molecule has 0 atom stereocenters. The highest BCUT2D eigenvalue weighted by atomic mass is 32.2. The molecule has 2 aromatic carbocycles. The van der Waals surface area contributed by atoms with Gasteiger partial charge in [0.25, 0.3) is 0 Å². The van der Waals surface area contributed by atoms with Crippen molar-refractivity contribution >= 4 is 15.9 Å². The number of aryl methyl sites for hydroxylation is 2. The standard InChI is InChI=1S/C23H30N2O3S/c1-19-8-4-5-9-21(19)18-24-23(26)15-12-20-10-13-22(14-11-20)29(27,28)25-16-6-2-3-7-17-25/h4-5,8-11,13-14H,2-3,6-7,12,15-18H2,1H3,(H,24,26). The van der Waals surface area contributed by atoms with Crippen LogP contribution in [0, 0.1) is 6.92 Å². The van der Waals surface area contributed by atoms with Crippen LogP contribution >= 0.6 is 0 Å². The van der Waals surface area contributed by atoms with Crippen molar-refractivity contribution in [3.8, 4) is 0 Å². The number of sulfonamides is 1. The Morgan fingerprint density at radius 1 is 0.966 bits per heavy atom. The molecule has 1 fully saturated rings. The predicted octanol–water partition coefficient (Wildman–Crippen LogP) is 3.81. The van der Waals surface area contributed by atoms with Crippen molar-refractivity contribution < 1.29 is 13.2 Å². The summed E-state index contributed by atoms with van der Waals surface area (Å²) in [4.78, 5) is 12.5. The summed E-state index contributed by atoms with van der Waals surface area (Å²) in [5, 5.41) is 2.95. The Hall–Kier alpha value is -2.18. The van der Waals surface area contributed by atoms with Gasteiger partial charge in [-0.25, -0.2) is 8.42 Å². The number of hydrogen-bond donors (Lipinski definition) is 1. The second kappa shape index (κ2) is 10.0. The molecule has 1 aliphatic rings. The molecule has 2 aromatic rings. The van der Waals surface area contributed by atoms with E-state index < -0.39 is 10.0 Å². The van der Waals surface area contributed by atoms with Crippen LogP contribution in [-0.2, 0) is 27.8 Å². The first-order chi connectivity index (χ1) is 14.0. The molecule has 6 heteroatoms. The molecule has 0 bridgehead atoms. The highest BCUT2D eigenvalue weighted by molar-refractivity contribution is 7.89. The van der Waals surface area contributed by atoms with E-state index in [9.17, 15) is 13.2 Å². The fourth-order valence-corrected chi connectivity index (χ4v) is 5.12. The smallest absolute Gasteiger partial charge is 0.243 e. The Balaban J connectivity index is 1.52. The Morgan fingerprint density at radius 3 is 2.28 bits per heavy atom. The van der Waals surface area contributed by atoms with E-state index >= 15 is 0 Å². The van der Waals surface area contributed by atoms with E-state index in [1.54, 1.807) is 16.4 Å². The lowest BCUT2D eigenvalue weighted by Crippen LogP contribution is -2.31. The van der Waals surface area contributed by atoms with Crippen LogP contribution in [0.1, 0.15) is 48.8 Å². The number of amides is 1. The van der Waals surface area contributed by atoms with Crippen LogP contribution in [-0.4, -0.2) is 31.7 Å². The summed E-state index contributed by atoms with van der Waals surface area (Å²) in [6, 6.07) is 15.0. The summed E-state index contributed by atoms with van der Waals surface area (Å²) >= 11 is 0. The lowest BCUT2D eigenvalue weighted by Gasteiger charge is -2.20. The normalized spacial score (nSPS) is 15.6. The average Bonchev–Trinajstić information content (AvgIpc) is 3.02. The number of nitrogens with one attached hydrogen (secondary N) is 1. The average molecular weight is 415 g/mol. The Bertz CT molecular complexity index is 915. The number of benzene rings is 2. The third kappa shape index (κ3) is 5.90.